The summed E-state index contributed by atoms with van der Waals surface area (Å²) in [5.74, 6) is 0.585. The largest absolute Gasteiger partial charge is 0.496 e. The molecule has 1 saturated heterocycles. The van der Waals surface area contributed by atoms with Crippen molar-refractivity contribution in [1.29, 1.82) is 0 Å². The number of nitrogens with zero attached hydrogens (tertiary/aromatic N) is 3. The summed E-state index contributed by atoms with van der Waals surface area (Å²) in [5, 5.41) is 0. The van der Waals surface area contributed by atoms with E-state index in [0.29, 0.717) is 31.7 Å². The number of pyridine rings is 1. The second kappa shape index (κ2) is 9.54. The average Bonchev–Trinajstić information content (AvgIpc) is 2.77. The molecular weight excluding hydrogens is 366 g/mol. The molecule has 6 nitrogen and oxygen atoms in total. The van der Waals surface area contributed by atoms with Crippen LogP contribution in [-0.2, 0) is 16.0 Å². The van der Waals surface area contributed by atoms with Gasteiger partial charge >= 0.3 is 0 Å². The van der Waals surface area contributed by atoms with Crippen LogP contribution in [0.3, 0.4) is 0 Å². The molecule has 1 aliphatic rings. The first-order valence-corrected chi connectivity index (χ1v) is 10.1. The molecule has 0 radical (unpaired) electrons. The number of hydrogen-bond acceptors (Lipinski definition) is 4. The van der Waals surface area contributed by atoms with Crippen LogP contribution in [0.25, 0.3) is 0 Å². The first kappa shape index (κ1) is 20.8. The van der Waals surface area contributed by atoms with Gasteiger partial charge in [-0.1, -0.05) is 18.2 Å². The van der Waals surface area contributed by atoms with Crippen LogP contribution in [0.4, 0.5) is 0 Å². The van der Waals surface area contributed by atoms with Crippen LogP contribution in [0.15, 0.2) is 48.8 Å². The van der Waals surface area contributed by atoms with Crippen molar-refractivity contribution in [1.82, 2.24) is 14.8 Å². The SMILES string of the molecule is CCN1C(=O)CC[C@@H](C(=O)N(C)CCc2ccncc2)[C@@H]1c1ccccc1OC. The zero-order valence-corrected chi connectivity index (χ0v) is 17.4. The van der Waals surface area contributed by atoms with Gasteiger partial charge < -0.3 is 14.5 Å². The van der Waals surface area contributed by atoms with Gasteiger partial charge in [-0.15, -0.1) is 0 Å². The van der Waals surface area contributed by atoms with Crippen LogP contribution in [0, 0.1) is 5.92 Å². The van der Waals surface area contributed by atoms with E-state index in [1.807, 2.05) is 55.3 Å². The number of methoxy groups -OCH3 is 1. The van der Waals surface area contributed by atoms with E-state index in [9.17, 15) is 9.59 Å². The molecular formula is C23H29N3O3. The lowest BCUT2D eigenvalue weighted by molar-refractivity contribution is -0.147. The van der Waals surface area contributed by atoms with Gasteiger partial charge in [0.1, 0.15) is 5.75 Å². The van der Waals surface area contributed by atoms with Gasteiger partial charge in [-0.2, -0.15) is 0 Å². The van der Waals surface area contributed by atoms with Gasteiger partial charge in [-0.3, -0.25) is 14.6 Å². The quantitative estimate of drug-likeness (QED) is 0.723. The Morgan fingerprint density at radius 2 is 1.97 bits per heavy atom. The molecule has 2 amide bonds. The highest BCUT2D eigenvalue weighted by atomic mass is 16.5. The van der Waals surface area contributed by atoms with Crippen molar-refractivity contribution in [3.05, 3.63) is 59.9 Å². The van der Waals surface area contributed by atoms with Crippen molar-refractivity contribution in [3.63, 3.8) is 0 Å². The number of carbonyl (C=O) groups is 2. The number of rotatable bonds is 7. The molecule has 2 heterocycles. The van der Waals surface area contributed by atoms with Crippen LogP contribution in [-0.4, -0.2) is 53.8 Å². The highest BCUT2D eigenvalue weighted by Gasteiger charge is 2.42. The van der Waals surface area contributed by atoms with Gasteiger partial charge in [-0.25, -0.2) is 0 Å². The van der Waals surface area contributed by atoms with E-state index in [1.54, 1.807) is 24.4 Å². The average molecular weight is 396 g/mol. The van der Waals surface area contributed by atoms with Crippen LogP contribution in [0.5, 0.6) is 5.75 Å². The Bertz CT molecular complexity index is 840. The standard InChI is InChI=1S/C23H29N3O3/c1-4-26-21(27)10-9-19(22(26)18-7-5-6-8-20(18)29-3)23(28)25(2)16-13-17-11-14-24-15-12-17/h5-8,11-12,14-15,19,22H,4,9-10,13,16H2,1-3H3/t19-,22+/m1/s1. The fourth-order valence-electron chi connectivity index (χ4n) is 4.12. The molecule has 1 fully saturated rings. The molecule has 2 aromatic rings. The fraction of sp³-hybridized carbons (Fsp3) is 0.435. The van der Waals surface area contributed by atoms with Gasteiger partial charge in [0.15, 0.2) is 0 Å². The highest BCUT2D eigenvalue weighted by molar-refractivity contribution is 5.85. The Labute approximate surface area is 172 Å². The number of hydrogen-bond donors (Lipinski definition) is 0. The summed E-state index contributed by atoms with van der Waals surface area (Å²) in [7, 11) is 3.47. The van der Waals surface area contributed by atoms with Gasteiger partial charge in [-0.05, 0) is 43.5 Å². The maximum Gasteiger partial charge on any atom is 0.227 e. The summed E-state index contributed by atoms with van der Waals surface area (Å²) in [6, 6.07) is 11.3. The number of aromatic nitrogens is 1. The smallest absolute Gasteiger partial charge is 0.227 e. The van der Waals surface area contributed by atoms with E-state index in [2.05, 4.69) is 4.98 Å². The number of likely N-dealkylation sites (N-methyl/N-ethyl adjacent to an activating group) is 1. The molecule has 3 rings (SSSR count). The minimum atomic E-state index is -0.312. The molecule has 1 aromatic heterocycles. The van der Waals surface area contributed by atoms with Crippen molar-refractivity contribution in [2.45, 2.75) is 32.2 Å². The molecule has 0 aliphatic carbocycles. The molecule has 1 aromatic carbocycles. The first-order chi connectivity index (χ1) is 14.1. The van der Waals surface area contributed by atoms with Crippen molar-refractivity contribution in [2.24, 2.45) is 5.92 Å². The Kier molecular flexibility index (Phi) is 6.86. The van der Waals surface area contributed by atoms with Gasteiger partial charge in [0.05, 0.1) is 19.1 Å². The lowest BCUT2D eigenvalue weighted by Crippen LogP contribution is -2.48. The zero-order valence-electron chi connectivity index (χ0n) is 17.4. The summed E-state index contributed by atoms with van der Waals surface area (Å²) >= 11 is 0. The topological polar surface area (TPSA) is 62.7 Å². The Morgan fingerprint density at radius 1 is 1.24 bits per heavy atom. The number of para-hydroxylation sites is 1. The van der Waals surface area contributed by atoms with Gasteiger partial charge in [0, 0.05) is 44.5 Å². The molecule has 1 aliphatic heterocycles. The summed E-state index contributed by atoms with van der Waals surface area (Å²) in [6.45, 7) is 3.14. The van der Waals surface area contributed by atoms with E-state index in [1.165, 1.54) is 0 Å². The molecule has 0 N–H and O–H groups in total. The van der Waals surface area contributed by atoms with Crippen LogP contribution in [0.2, 0.25) is 0 Å². The van der Waals surface area contributed by atoms with Crippen LogP contribution >= 0.6 is 0 Å². The minimum absolute atomic E-state index is 0.0703. The Balaban J connectivity index is 1.84. The highest BCUT2D eigenvalue weighted by Crippen LogP contribution is 2.41. The van der Waals surface area contributed by atoms with E-state index in [4.69, 9.17) is 4.74 Å². The second-order valence-electron chi connectivity index (χ2n) is 7.38. The van der Waals surface area contributed by atoms with Crippen molar-refractivity contribution >= 4 is 11.8 Å². The minimum Gasteiger partial charge on any atom is -0.496 e. The third-order valence-corrected chi connectivity index (χ3v) is 5.68. The lowest BCUT2D eigenvalue weighted by Gasteiger charge is -2.42. The number of benzene rings is 1. The van der Waals surface area contributed by atoms with E-state index in [0.717, 1.165) is 17.5 Å². The number of likely N-dealkylation sites (tertiary alicyclic amines) is 1. The molecule has 29 heavy (non-hydrogen) atoms. The molecule has 6 heteroatoms. The van der Waals surface area contributed by atoms with E-state index >= 15 is 0 Å². The number of ether oxygens (including phenoxy) is 1. The first-order valence-electron chi connectivity index (χ1n) is 10.1. The zero-order chi connectivity index (χ0) is 20.8. The van der Waals surface area contributed by atoms with Gasteiger partial charge in [0.25, 0.3) is 0 Å². The molecule has 0 saturated carbocycles. The Morgan fingerprint density at radius 3 is 2.66 bits per heavy atom. The Hall–Kier alpha value is -2.89. The number of carbonyl (C=O) groups excluding carboxylic acids is 2. The molecule has 0 unspecified atom stereocenters. The van der Waals surface area contributed by atoms with Crippen LogP contribution in [0.1, 0.15) is 36.9 Å². The van der Waals surface area contributed by atoms with Crippen molar-refractivity contribution in [2.75, 3.05) is 27.2 Å². The molecule has 0 spiro atoms. The summed E-state index contributed by atoms with van der Waals surface area (Å²) in [4.78, 5) is 33.7. The van der Waals surface area contributed by atoms with E-state index < -0.39 is 0 Å². The summed E-state index contributed by atoms with van der Waals surface area (Å²) in [6.07, 6.45) is 5.25. The third-order valence-electron chi connectivity index (χ3n) is 5.68. The van der Waals surface area contributed by atoms with Crippen molar-refractivity contribution in [3.8, 4) is 5.75 Å². The fourth-order valence-corrected chi connectivity index (χ4v) is 4.12. The van der Waals surface area contributed by atoms with E-state index in [-0.39, 0.29) is 23.8 Å². The maximum atomic E-state index is 13.4. The molecule has 0 bridgehead atoms. The van der Waals surface area contributed by atoms with Crippen LogP contribution < -0.4 is 4.74 Å². The molecule has 154 valence electrons. The number of amides is 2. The third kappa shape index (κ3) is 4.58. The summed E-state index contributed by atoms with van der Waals surface area (Å²) in [5.41, 5.74) is 2.04. The molecule has 2 atom stereocenters. The predicted molar refractivity (Wildman–Crippen MR) is 111 cm³/mol. The maximum absolute atomic E-state index is 13.4. The predicted octanol–water partition coefficient (Wildman–Crippen LogP) is 3.09. The van der Waals surface area contributed by atoms with Gasteiger partial charge in [0.2, 0.25) is 11.8 Å². The lowest BCUT2D eigenvalue weighted by atomic mass is 9.82. The van der Waals surface area contributed by atoms with Crippen molar-refractivity contribution < 1.29 is 14.3 Å². The normalized spacial score (nSPS) is 19.1. The number of piperidine rings is 1. The summed E-state index contributed by atoms with van der Waals surface area (Å²) < 4.78 is 5.55. The second-order valence-corrected chi connectivity index (χ2v) is 7.38. The monoisotopic (exact) mass is 395 g/mol.